The first-order chi connectivity index (χ1) is 16.4. The summed E-state index contributed by atoms with van der Waals surface area (Å²) in [5, 5.41) is 5.70. The van der Waals surface area contributed by atoms with E-state index in [0.29, 0.717) is 27.7 Å². The van der Waals surface area contributed by atoms with E-state index >= 15 is 0 Å². The van der Waals surface area contributed by atoms with Gasteiger partial charge in [-0.1, -0.05) is 53.0 Å². The standard InChI is InChI=1S/C23H20Cl3N3O4S2/c1-34(30,31)17-7-9-18(10-8-17)35(32,33)29-23(19-11-6-16(25)12-20(19)26)22-13-21(27-28-22)14-2-4-15(24)5-3-14/h2-12,21,23,27,29H,13H2,1H3/t21?,23-/m1/s1. The van der Waals surface area contributed by atoms with Gasteiger partial charge in [-0.25, -0.2) is 16.8 Å². The first-order valence-electron chi connectivity index (χ1n) is 10.3. The van der Waals surface area contributed by atoms with E-state index in [2.05, 4.69) is 15.2 Å². The van der Waals surface area contributed by atoms with Crippen molar-refractivity contribution in [2.75, 3.05) is 6.26 Å². The Bertz CT molecular complexity index is 1490. The summed E-state index contributed by atoms with van der Waals surface area (Å²) < 4.78 is 52.7. The summed E-state index contributed by atoms with van der Waals surface area (Å²) in [6, 6.07) is 16.0. The third kappa shape index (κ3) is 5.99. The van der Waals surface area contributed by atoms with Crippen LogP contribution in [-0.2, 0) is 19.9 Å². The molecule has 12 heteroatoms. The molecule has 1 aliphatic heterocycles. The van der Waals surface area contributed by atoms with Crippen molar-refractivity contribution >= 4 is 60.4 Å². The molecular weight excluding hydrogens is 553 g/mol. The Kier molecular flexibility index (Phi) is 7.47. The number of hydrogen-bond donors (Lipinski definition) is 2. The molecule has 0 saturated carbocycles. The van der Waals surface area contributed by atoms with Crippen LogP contribution in [0.5, 0.6) is 0 Å². The predicted molar refractivity (Wildman–Crippen MR) is 138 cm³/mol. The van der Waals surface area contributed by atoms with Crippen LogP contribution < -0.4 is 10.1 Å². The summed E-state index contributed by atoms with van der Waals surface area (Å²) in [7, 11) is -7.55. The molecule has 4 rings (SSSR count). The second-order valence-corrected chi connectivity index (χ2v) is 13.0. The Morgan fingerprint density at radius 3 is 2.09 bits per heavy atom. The highest BCUT2D eigenvalue weighted by Crippen LogP contribution is 2.33. The highest BCUT2D eigenvalue weighted by Gasteiger charge is 2.32. The summed E-state index contributed by atoms with van der Waals surface area (Å²) in [5.41, 5.74) is 4.98. The number of hydrogen-bond acceptors (Lipinski definition) is 6. The van der Waals surface area contributed by atoms with Crippen molar-refractivity contribution < 1.29 is 16.8 Å². The molecule has 0 radical (unpaired) electrons. The molecule has 0 aliphatic carbocycles. The fourth-order valence-electron chi connectivity index (χ4n) is 3.67. The van der Waals surface area contributed by atoms with E-state index in [1.54, 1.807) is 24.3 Å². The lowest BCUT2D eigenvalue weighted by molar-refractivity contribution is 0.575. The van der Waals surface area contributed by atoms with Gasteiger partial charge < -0.3 is 5.43 Å². The molecule has 0 fully saturated rings. The predicted octanol–water partition coefficient (Wildman–Crippen LogP) is 5.16. The zero-order valence-electron chi connectivity index (χ0n) is 18.2. The number of hydrazone groups is 1. The first-order valence-corrected chi connectivity index (χ1v) is 14.8. The van der Waals surface area contributed by atoms with Crippen LogP contribution in [0.15, 0.2) is 81.6 Å². The number of halogens is 3. The average Bonchev–Trinajstić information content (AvgIpc) is 3.28. The molecule has 0 spiro atoms. The quantitative estimate of drug-likeness (QED) is 0.407. The van der Waals surface area contributed by atoms with Gasteiger partial charge in [0.25, 0.3) is 0 Å². The average molecular weight is 573 g/mol. The molecule has 2 N–H and O–H groups in total. The minimum atomic E-state index is -4.08. The summed E-state index contributed by atoms with van der Waals surface area (Å²) in [6.45, 7) is 0. The number of nitrogens with one attached hydrogen (secondary N) is 2. The van der Waals surface area contributed by atoms with Gasteiger partial charge in [0.05, 0.1) is 27.6 Å². The third-order valence-electron chi connectivity index (χ3n) is 5.49. The Hall–Kier alpha value is -2.14. The Morgan fingerprint density at radius 2 is 1.49 bits per heavy atom. The van der Waals surface area contributed by atoms with E-state index in [9.17, 15) is 16.8 Å². The zero-order chi connectivity index (χ0) is 25.4. The number of sulfonamides is 1. The number of sulfone groups is 1. The summed E-state index contributed by atoms with van der Waals surface area (Å²) in [5.74, 6) is 0. The van der Waals surface area contributed by atoms with Crippen molar-refractivity contribution in [2.45, 2.75) is 28.3 Å². The molecule has 0 bridgehead atoms. The maximum atomic E-state index is 13.3. The van der Waals surface area contributed by atoms with Gasteiger partial charge in [-0.3, -0.25) is 0 Å². The molecule has 3 aromatic rings. The van der Waals surface area contributed by atoms with E-state index in [4.69, 9.17) is 34.8 Å². The molecular formula is C23H20Cl3N3O4S2. The Balaban J connectivity index is 1.67. The topological polar surface area (TPSA) is 105 Å². The van der Waals surface area contributed by atoms with E-state index < -0.39 is 25.9 Å². The van der Waals surface area contributed by atoms with Crippen molar-refractivity contribution in [3.63, 3.8) is 0 Å². The van der Waals surface area contributed by atoms with Crippen molar-refractivity contribution in [1.29, 1.82) is 0 Å². The van der Waals surface area contributed by atoms with Gasteiger partial charge in [0.15, 0.2) is 9.84 Å². The van der Waals surface area contributed by atoms with Crippen LogP contribution >= 0.6 is 34.8 Å². The highest BCUT2D eigenvalue weighted by molar-refractivity contribution is 7.90. The lowest BCUT2D eigenvalue weighted by Crippen LogP contribution is -2.33. The maximum Gasteiger partial charge on any atom is 0.241 e. The van der Waals surface area contributed by atoms with Crippen LogP contribution in [0.3, 0.4) is 0 Å². The van der Waals surface area contributed by atoms with Crippen LogP contribution in [0.2, 0.25) is 15.1 Å². The number of rotatable bonds is 7. The lowest BCUT2D eigenvalue weighted by Gasteiger charge is -2.21. The van der Waals surface area contributed by atoms with Crippen molar-refractivity contribution in [3.8, 4) is 0 Å². The first kappa shape index (κ1) is 25.9. The van der Waals surface area contributed by atoms with Gasteiger partial charge in [0.2, 0.25) is 10.0 Å². The third-order valence-corrected chi connectivity index (χ3v) is 8.87. The van der Waals surface area contributed by atoms with Crippen molar-refractivity contribution in [1.82, 2.24) is 10.1 Å². The van der Waals surface area contributed by atoms with Gasteiger partial charge in [0.1, 0.15) is 0 Å². The molecule has 0 amide bonds. The van der Waals surface area contributed by atoms with Gasteiger partial charge in [-0.2, -0.15) is 9.82 Å². The Morgan fingerprint density at radius 1 is 0.886 bits per heavy atom. The van der Waals surface area contributed by atoms with Gasteiger partial charge >= 0.3 is 0 Å². The smallest absolute Gasteiger partial charge is 0.241 e. The van der Waals surface area contributed by atoms with Crippen molar-refractivity contribution in [2.24, 2.45) is 5.10 Å². The second kappa shape index (κ2) is 10.1. The highest BCUT2D eigenvalue weighted by atomic mass is 35.5. The largest absolute Gasteiger partial charge is 0.302 e. The van der Waals surface area contributed by atoms with E-state index in [1.807, 2.05) is 12.1 Å². The van der Waals surface area contributed by atoms with E-state index in [0.717, 1.165) is 11.8 Å². The fourth-order valence-corrected chi connectivity index (χ4v) is 6.14. The number of nitrogens with zero attached hydrogens (tertiary/aromatic N) is 1. The molecule has 0 aromatic heterocycles. The molecule has 1 aliphatic rings. The van der Waals surface area contributed by atoms with Crippen LogP contribution in [-0.4, -0.2) is 28.8 Å². The molecule has 184 valence electrons. The number of benzene rings is 3. The molecule has 0 saturated heterocycles. The fraction of sp³-hybridized carbons (Fsp3) is 0.174. The summed E-state index contributed by atoms with van der Waals surface area (Å²) in [6.07, 6.45) is 1.45. The summed E-state index contributed by atoms with van der Waals surface area (Å²) in [4.78, 5) is -0.0790. The van der Waals surface area contributed by atoms with Crippen LogP contribution in [0.1, 0.15) is 29.6 Å². The zero-order valence-corrected chi connectivity index (χ0v) is 22.1. The SMILES string of the molecule is CS(=O)(=O)c1ccc(S(=O)(=O)N[C@@H](C2=NNC(c3ccc(Cl)cc3)C2)c2ccc(Cl)cc2Cl)cc1. The molecule has 7 nitrogen and oxygen atoms in total. The molecule has 3 aromatic carbocycles. The van der Waals surface area contributed by atoms with Gasteiger partial charge in [-0.05, 0) is 59.7 Å². The van der Waals surface area contributed by atoms with Crippen LogP contribution in [0.25, 0.3) is 0 Å². The summed E-state index contributed by atoms with van der Waals surface area (Å²) >= 11 is 18.5. The minimum Gasteiger partial charge on any atom is -0.302 e. The van der Waals surface area contributed by atoms with Gasteiger partial charge in [0, 0.05) is 27.7 Å². The molecule has 1 heterocycles. The van der Waals surface area contributed by atoms with Crippen LogP contribution in [0, 0.1) is 0 Å². The van der Waals surface area contributed by atoms with E-state index in [-0.39, 0.29) is 20.9 Å². The van der Waals surface area contributed by atoms with E-state index in [1.165, 1.54) is 30.3 Å². The minimum absolute atomic E-state index is 0.0175. The van der Waals surface area contributed by atoms with Crippen molar-refractivity contribution in [3.05, 3.63) is 92.9 Å². The monoisotopic (exact) mass is 571 g/mol. The maximum absolute atomic E-state index is 13.3. The lowest BCUT2D eigenvalue weighted by atomic mass is 9.96. The molecule has 2 atom stereocenters. The van der Waals surface area contributed by atoms with Gasteiger partial charge in [-0.15, -0.1) is 0 Å². The molecule has 1 unspecified atom stereocenters. The normalized spacial score (nSPS) is 17.0. The van der Waals surface area contributed by atoms with Crippen LogP contribution in [0.4, 0.5) is 0 Å². The second-order valence-electron chi connectivity index (χ2n) is 8.00. The Labute approximate surface area is 219 Å². The molecule has 35 heavy (non-hydrogen) atoms.